The molecule has 0 saturated heterocycles. The van der Waals surface area contributed by atoms with Crippen LogP contribution < -0.4 is 4.90 Å². The Kier molecular flexibility index (Phi) is 7.87. The highest BCUT2D eigenvalue weighted by atomic mass is 16.2. The van der Waals surface area contributed by atoms with Crippen LogP contribution >= 0.6 is 0 Å². The fourth-order valence-electron chi connectivity index (χ4n) is 6.13. The van der Waals surface area contributed by atoms with Gasteiger partial charge in [0.05, 0.1) is 0 Å². The fourth-order valence-corrected chi connectivity index (χ4v) is 6.13. The Morgan fingerprint density at radius 3 is 1.79 bits per heavy atom. The van der Waals surface area contributed by atoms with Gasteiger partial charge in [0.2, 0.25) is 0 Å². The summed E-state index contributed by atoms with van der Waals surface area (Å²) in [7, 11) is 0. The first kappa shape index (κ1) is 27.5. The Hall–Kier alpha value is -4.70. The van der Waals surface area contributed by atoms with Crippen molar-refractivity contribution in [3.63, 3.8) is 0 Å². The van der Waals surface area contributed by atoms with Gasteiger partial charge in [0.25, 0.3) is 11.8 Å². The van der Waals surface area contributed by atoms with E-state index >= 15 is 0 Å². The SMILES string of the molecule is CCCCC(CC)CN1C(=O)c2cccc3c(-c4ccc(N(c5ccccc5)c5ccccc5)cc4)ccc(c23)C1=O. The number of unbranched alkanes of at least 4 members (excludes halogenated alkanes) is 1. The standard InChI is InChI=1S/C38H36N2O2/c1-3-5-13-27(4-2)26-39-37(41)34-19-12-18-33-32(24-25-35(36(33)34)38(39)42)28-20-22-31(23-21-28)40(29-14-8-6-9-15-29)30-16-10-7-11-17-30/h6-12,14-25,27H,3-5,13,26H2,1-2H3. The van der Waals surface area contributed by atoms with E-state index in [2.05, 4.69) is 67.3 Å². The molecule has 1 heterocycles. The quantitative estimate of drug-likeness (QED) is 0.162. The van der Waals surface area contributed by atoms with Crippen molar-refractivity contribution < 1.29 is 9.59 Å². The second kappa shape index (κ2) is 12.0. The lowest BCUT2D eigenvalue weighted by Gasteiger charge is -2.30. The van der Waals surface area contributed by atoms with Crippen LogP contribution in [0.2, 0.25) is 0 Å². The molecule has 210 valence electrons. The minimum Gasteiger partial charge on any atom is -0.311 e. The van der Waals surface area contributed by atoms with E-state index in [-0.39, 0.29) is 11.8 Å². The fraction of sp³-hybridized carbons (Fsp3) is 0.211. The molecule has 0 fully saturated rings. The molecule has 42 heavy (non-hydrogen) atoms. The van der Waals surface area contributed by atoms with E-state index in [0.29, 0.717) is 23.6 Å². The van der Waals surface area contributed by atoms with Crippen molar-refractivity contribution in [1.82, 2.24) is 4.90 Å². The van der Waals surface area contributed by atoms with E-state index in [9.17, 15) is 9.59 Å². The molecule has 1 aliphatic rings. The van der Waals surface area contributed by atoms with Crippen molar-refractivity contribution in [3.05, 3.63) is 126 Å². The van der Waals surface area contributed by atoms with E-state index in [1.54, 1.807) is 0 Å². The third-order valence-corrected chi connectivity index (χ3v) is 8.44. The Morgan fingerprint density at radius 2 is 1.19 bits per heavy atom. The lowest BCUT2D eigenvalue weighted by molar-refractivity contribution is 0.0580. The molecule has 4 heteroatoms. The van der Waals surface area contributed by atoms with Gasteiger partial charge in [-0.15, -0.1) is 0 Å². The van der Waals surface area contributed by atoms with Crippen molar-refractivity contribution in [2.75, 3.05) is 11.4 Å². The van der Waals surface area contributed by atoms with Gasteiger partial charge in [0, 0.05) is 40.1 Å². The molecule has 5 aromatic rings. The van der Waals surface area contributed by atoms with E-state index in [4.69, 9.17) is 0 Å². The molecule has 1 aliphatic heterocycles. The van der Waals surface area contributed by atoms with Crippen LogP contribution in [-0.2, 0) is 0 Å². The zero-order valence-corrected chi connectivity index (χ0v) is 24.3. The molecule has 1 atom stereocenters. The minimum atomic E-state index is -0.179. The largest absolute Gasteiger partial charge is 0.311 e. The summed E-state index contributed by atoms with van der Waals surface area (Å²) in [6.07, 6.45) is 4.20. The molecule has 6 rings (SSSR count). The number of anilines is 3. The topological polar surface area (TPSA) is 40.6 Å². The second-order valence-electron chi connectivity index (χ2n) is 11.1. The van der Waals surface area contributed by atoms with Crippen LogP contribution in [0.4, 0.5) is 17.1 Å². The highest BCUT2D eigenvalue weighted by Gasteiger charge is 2.34. The normalized spacial score (nSPS) is 13.4. The minimum absolute atomic E-state index is 0.179. The molecule has 0 saturated carbocycles. The zero-order valence-electron chi connectivity index (χ0n) is 24.3. The predicted octanol–water partition coefficient (Wildman–Crippen LogP) is 9.79. The summed E-state index contributed by atoms with van der Waals surface area (Å²) < 4.78 is 0. The summed E-state index contributed by atoms with van der Waals surface area (Å²) in [4.78, 5) is 31.1. The number of imide groups is 1. The van der Waals surface area contributed by atoms with Crippen LogP contribution in [0, 0.1) is 5.92 Å². The number of amides is 2. The number of para-hydroxylation sites is 2. The molecule has 0 bridgehead atoms. The maximum absolute atomic E-state index is 13.7. The van der Waals surface area contributed by atoms with E-state index < -0.39 is 0 Å². The monoisotopic (exact) mass is 552 g/mol. The van der Waals surface area contributed by atoms with Gasteiger partial charge in [-0.05, 0) is 77.4 Å². The summed E-state index contributed by atoms with van der Waals surface area (Å²) in [6, 6.07) is 38.9. The van der Waals surface area contributed by atoms with Crippen LogP contribution in [0.1, 0.15) is 60.2 Å². The van der Waals surface area contributed by atoms with Crippen molar-refractivity contribution in [2.45, 2.75) is 39.5 Å². The molecule has 4 nitrogen and oxygen atoms in total. The van der Waals surface area contributed by atoms with Crippen LogP contribution in [0.25, 0.3) is 21.9 Å². The highest BCUT2D eigenvalue weighted by molar-refractivity contribution is 6.27. The lowest BCUT2D eigenvalue weighted by atomic mass is 9.88. The highest BCUT2D eigenvalue weighted by Crippen LogP contribution is 2.39. The van der Waals surface area contributed by atoms with Crippen LogP contribution in [-0.4, -0.2) is 23.3 Å². The molecular weight excluding hydrogens is 516 g/mol. The number of hydrogen-bond acceptors (Lipinski definition) is 3. The van der Waals surface area contributed by atoms with Gasteiger partial charge < -0.3 is 4.90 Å². The summed E-state index contributed by atoms with van der Waals surface area (Å²) in [5.41, 5.74) is 6.50. The van der Waals surface area contributed by atoms with Crippen molar-refractivity contribution in [1.29, 1.82) is 0 Å². The van der Waals surface area contributed by atoms with Gasteiger partial charge in [-0.1, -0.05) is 99.8 Å². The molecule has 0 radical (unpaired) electrons. The maximum atomic E-state index is 13.7. The smallest absolute Gasteiger partial charge is 0.261 e. The molecule has 0 aliphatic carbocycles. The maximum Gasteiger partial charge on any atom is 0.261 e. The molecule has 5 aromatic carbocycles. The molecule has 0 aromatic heterocycles. The van der Waals surface area contributed by atoms with Gasteiger partial charge >= 0.3 is 0 Å². The molecule has 0 N–H and O–H groups in total. The average molecular weight is 553 g/mol. The number of rotatable bonds is 10. The van der Waals surface area contributed by atoms with Gasteiger partial charge in [0.1, 0.15) is 0 Å². The molecule has 2 amide bonds. The van der Waals surface area contributed by atoms with Gasteiger partial charge in [-0.2, -0.15) is 0 Å². The van der Waals surface area contributed by atoms with E-state index in [1.807, 2.05) is 66.7 Å². The number of hydrogen-bond donors (Lipinski definition) is 0. The van der Waals surface area contributed by atoms with Gasteiger partial charge in [-0.25, -0.2) is 0 Å². The summed E-state index contributed by atoms with van der Waals surface area (Å²) in [6.45, 7) is 4.80. The predicted molar refractivity (Wildman–Crippen MR) is 173 cm³/mol. The van der Waals surface area contributed by atoms with Crippen molar-refractivity contribution in [3.8, 4) is 11.1 Å². The summed E-state index contributed by atoms with van der Waals surface area (Å²) in [5, 5.41) is 1.70. The average Bonchev–Trinajstić information content (AvgIpc) is 3.04. The number of nitrogens with zero attached hydrogens (tertiary/aromatic N) is 2. The third-order valence-electron chi connectivity index (χ3n) is 8.44. The number of carbonyl (C=O) groups excluding carboxylic acids is 2. The number of benzene rings is 5. The van der Waals surface area contributed by atoms with Gasteiger partial charge in [0.15, 0.2) is 0 Å². The number of carbonyl (C=O) groups is 2. The van der Waals surface area contributed by atoms with Crippen LogP contribution in [0.3, 0.4) is 0 Å². The Morgan fingerprint density at radius 1 is 0.619 bits per heavy atom. The van der Waals surface area contributed by atoms with Crippen LogP contribution in [0.5, 0.6) is 0 Å². The summed E-state index contributed by atoms with van der Waals surface area (Å²) >= 11 is 0. The lowest BCUT2D eigenvalue weighted by Crippen LogP contribution is -2.43. The molecule has 1 unspecified atom stereocenters. The Balaban J connectivity index is 1.36. The second-order valence-corrected chi connectivity index (χ2v) is 11.1. The summed E-state index contributed by atoms with van der Waals surface area (Å²) in [5.74, 6) is -0.0356. The first-order chi connectivity index (χ1) is 20.6. The van der Waals surface area contributed by atoms with E-state index in [0.717, 1.165) is 64.6 Å². The van der Waals surface area contributed by atoms with E-state index in [1.165, 1.54) is 4.90 Å². The molecule has 0 spiro atoms. The van der Waals surface area contributed by atoms with Gasteiger partial charge in [-0.3, -0.25) is 14.5 Å². The molecular formula is C38H36N2O2. The van der Waals surface area contributed by atoms with Crippen LogP contribution in [0.15, 0.2) is 115 Å². The van der Waals surface area contributed by atoms with Crippen molar-refractivity contribution >= 4 is 39.6 Å². The first-order valence-electron chi connectivity index (χ1n) is 15.0. The Bertz CT molecular complexity index is 1650. The van der Waals surface area contributed by atoms with Crippen molar-refractivity contribution in [2.24, 2.45) is 5.92 Å². The third kappa shape index (κ3) is 5.09. The zero-order chi connectivity index (χ0) is 29.1. The first-order valence-corrected chi connectivity index (χ1v) is 15.0. The Labute approximate surface area is 248 Å².